The lowest BCUT2D eigenvalue weighted by molar-refractivity contribution is -0.0332. The average Bonchev–Trinajstić information content (AvgIpc) is 3.21. The SMILES string of the molecule is CCOc1ccc([C@@H]2COC[C@H](C)N2C(=O)c2cc3c4c(c(N)nc3cn2)[C@@H](C)OC4)nn1. The quantitative estimate of drug-likeness (QED) is 0.638. The summed E-state index contributed by atoms with van der Waals surface area (Å²) in [7, 11) is 0. The summed E-state index contributed by atoms with van der Waals surface area (Å²) in [6, 6.07) is 4.80. The molecule has 0 saturated carbocycles. The van der Waals surface area contributed by atoms with Gasteiger partial charge in [-0.25, -0.2) is 9.97 Å². The van der Waals surface area contributed by atoms with E-state index in [0.717, 1.165) is 16.5 Å². The molecule has 1 amide bonds. The summed E-state index contributed by atoms with van der Waals surface area (Å²) >= 11 is 0. The van der Waals surface area contributed by atoms with E-state index in [1.54, 1.807) is 23.2 Å². The van der Waals surface area contributed by atoms with E-state index in [1.165, 1.54) is 0 Å². The molecule has 3 aromatic rings. The number of hydrogen-bond acceptors (Lipinski definition) is 9. The number of nitrogens with zero attached hydrogens (tertiary/aromatic N) is 5. The summed E-state index contributed by atoms with van der Waals surface area (Å²) in [5.41, 5.74) is 9.60. The van der Waals surface area contributed by atoms with E-state index in [4.69, 9.17) is 19.9 Å². The van der Waals surface area contributed by atoms with Crippen LogP contribution in [-0.4, -0.2) is 56.8 Å². The van der Waals surface area contributed by atoms with Crippen molar-refractivity contribution in [3.8, 4) is 5.88 Å². The maximum atomic E-state index is 13.7. The first kappa shape index (κ1) is 21.5. The molecule has 10 nitrogen and oxygen atoms in total. The second kappa shape index (κ2) is 8.53. The van der Waals surface area contributed by atoms with Crippen LogP contribution in [0, 0.1) is 0 Å². The standard InChI is InChI=1S/C23H26N6O4/c1-4-32-20-6-5-16(27-28-20)19-11-31-9-12(2)29(19)23(30)17-7-14-15-10-33-13(3)21(15)22(24)26-18(14)8-25-17/h5-8,12-13,19H,4,9-11H2,1-3H3,(H2,24,26)/t12-,13+,19-/m0/s1. The zero-order valence-corrected chi connectivity index (χ0v) is 18.8. The molecule has 0 unspecified atom stereocenters. The van der Waals surface area contributed by atoms with Crippen LogP contribution >= 0.6 is 0 Å². The van der Waals surface area contributed by atoms with Gasteiger partial charge in [0.2, 0.25) is 5.88 Å². The van der Waals surface area contributed by atoms with Crippen LogP contribution < -0.4 is 10.5 Å². The Morgan fingerprint density at radius 1 is 1.27 bits per heavy atom. The van der Waals surface area contributed by atoms with Crippen LogP contribution in [0.4, 0.5) is 5.82 Å². The maximum absolute atomic E-state index is 13.7. The van der Waals surface area contributed by atoms with Crippen LogP contribution in [0.1, 0.15) is 60.2 Å². The van der Waals surface area contributed by atoms with E-state index in [9.17, 15) is 4.79 Å². The zero-order valence-electron chi connectivity index (χ0n) is 18.8. The topological polar surface area (TPSA) is 126 Å². The number of aromatic nitrogens is 4. The van der Waals surface area contributed by atoms with Crippen molar-refractivity contribution < 1.29 is 19.0 Å². The Morgan fingerprint density at radius 2 is 2.12 bits per heavy atom. The Labute approximate surface area is 191 Å². The normalized spacial score (nSPS) is 22.4. The van der Waals surface area contributed by atoms with E-state index >= 15 is 0 Å². The highest BCUT2D eigenvalue weighted by atomic mass is 16.5. The second-order valence-corrected chi connectivity index (χ2v) is 8.27. The molecule has 0 aromatic carbocycles. The third-order valence-corrected chi connectivity index (χ3v) is 6.13. The minimum atomic E-state index is -0.388. The van der Waals surface area contributed by atoms with Crippen molar-refractivity contribution in [1.29, 1.82) is 0 Å². The molecule has 10 heteroatoms. The Bertz CT molecular complexity index is 1200. The summed E-state index contributed by atoms with van der Waals surface area (Å²) in [5.74, 6) is 0.683. The van der Waals surface area contributed by atoms with Gasteiger partial charge in [-0.2, -0.15) is 0 Å². The number of hydrogen-bond donors (Lipinski definition) is 1. The molecule has 3 aromatic heterocycles. The van der Waals surface area contributed by atoms with Crippen molar-refractivity contribution in [3.63, 3.8) is 0 Å². The Morgan fingerprint density at radius 3 is 2.88 bits per heavy atom. The van der Waals surface area contributed by atoms with Gasteiger partial charge in [-0.05, 0) is 38.5 Å². The van der Waals surface area contributed by atoms with E-state index in [-0.39, 0.29) is 24.1 Å². The molecule has 5 heterocycles. The smallest absolute Gasteiger partial charge is 0.273 e. The Balaban J connectivity index is 1.51. The Kier molecular flexibility index (Phi) is 5.55. The fourth-order valence-electron chi connectivity index (χ4n) is 4.54. The molecule has 3 atom stereocenters. The lowest BCUT2D eigenvalue weighted by Gasteiger charge is -2.39. The van der Waals surface area contributed by atoms with Crippen molar-refractivity contribution in [3.05, 3.63) is 46.9 Å². The molecule has 172 valence electrons. The van der Waals surface area contributed by atoms with E-state index in [1.807, 2.05) is 26.8 Å². The van der Waals surface area contributed by atoms with Gasteiger partial charge in [-0.3, -0.25) is 4.79 Å². The predicted molar refractivity (Wildman–Crippen MR) is 120 cm³/mol. The van der Waals surface area contributed by atoms with Crippen LogP contribution in [0.25, 0.3) is 10.9 Å². The molecule has 2 N–H and O–H groups in total. The summed E-state index contributed by atoms with van der Waals surface area (Å²) in [4.78, 5) is 24.4. The highest BCUT2D eigenvalue weighted by molar-refractivity contribution is 5.97. The van der Waals surface area contributed by atoms with Gasteiger partial charge in [-0.1, -0.05) is 0 Å². The number of rotatable bonds is 4. The van der Waals surface area contributed by atoms with Crippen molar-refractivity contribution >= 4 is 22.6 Å². The molecular weight excluding hydrogens is 424 g/mol. The first-order valence-corrected chi connectivity index (χ1v) is 11.0. The molecule has 0 bridgehead atoms. The molecule has 2 aliphatic heterocycles. The van der Waals surface area contributed by atoms with Gasteiger partial charge in [0.15, 0.2) is 0 Å². The Hall–Kier alpha value is -3.37. The van der Waals surface area contributed by atoms with Crippen molar-refractivity contribution in [2.24, 2.45) is 0 Å². The number of ether oxygens (including phenoxy) is 3. The third kappa shape index (κ3) is 3.75. The van der Waals surface area contributed by atoms with E-state index in [2.05, 4.69) is 20.2 Å². The fraction of sp³-hybridized carbons (Fsp3) is 0.435. The second-order valence-electron chi connectivity index (χ2n) is 8.27. The van der Waals surface area contributed by atoms with Crippen LogP contribution in [-0.2, 0) is 16.1 Å². The largest absolute Gasteiger partial charge is 0.477 e. The van der Waals surface area contributed by atoms with Crippen LogP contribution in [0.15, 0.2) is 24.4 Å². The third-order valence-electron chi connectivity index (χ3n) is 6.13. The molecule has 1 fully saturated rings. The van der Waals surface area contributed by atoms with Gasteiger partial charge in [0.05, 0.1) is 62.0 Å². The zero-order chi connectivity index (χ0) is 23.1. The minimum absolute atomic E-state index is 0.133. The molecule has 1 saturated heterocycles. The predicted octanol–water partition coefficient (Wildman–Crippen LogP) is 2.59. The number of morpholine rings is 1. The monoisotopic (exact) mass is 450 g/mol. The van der Waals surface area contributed by atoms with Crippen molar-refractivity contribution in [2.45, 2.75) is 45.6 Å². The number of pyridine rings is 2. The van der Waals surface area contributed by atoms with Gasteiger partial charge >= 0.3 is 0 Å². The van der Waals surface area contributed by atoms with Gasteiger partial charge in [0, 0.05) is 17.0 Å². The number of carbonyl (C=O) groups excluding carboxylic acids is 1. The molecule has 2 aliphatic rings. The fourth-order valence-corrected chi connectivity index (χ4v) is 4.54. The first-order valence-electron chi connectivity index (χ1n) is 11.0. The molecular formula is C23H26N6O4. The summed E-state index contributed by atoms with van der Waals surface area (Å²) < 4.78 is 16.9. The van der Waals surface area contributed by atoms with E-state index < -0.39 is 0 Å². The minimum Gasteiger partial charge on any atom is -0.477 e. The van der Waals surface area contributed by atoms with Crippen LogP contribution in [0.2, 0.25) is 0 Å². The molecule has 0 spiro atoms. The van der Waals surface area contributed by atoms with E-state index in [0.29, 0.717) is 55.0 Å². The lowest BCUT2D eigenvalue weighted by Crippen LogP contribution is -2.49. The number of fused-ring (bicyclic) bond motifs is 3. The molecule has 0 aliphatic carbocycles. The van der Waals surface area contributed by atoms with Crippen LogP contribution in [0.5, 0.6) is 5.88 Å². The number of nitrogen functional groups attached to an aromatic ring is 1. The molecule has 5 rings (SSSR count). The van der Waals surface area contributed by atoms with Gasteiger partial charge in [0.25, 0.3) is 5.91 Å². The van der Waals surface area contributed by atoms with Crippen molar-refractivity contribution in [2.75, 3.05) is 25.6 Å². The number of carbonyl (C=O) groups is 1. The van der Waals surface area contributed by atoms with Crippen LogP contribution in [0.3, 0.4) is 0 Å². The summed E-state index contributed by atoms with van der Waals surface area (Å²) in [5, 5.41) is 9.24. The van der Waals surface area contributed by atoms with Crippen molar-refractivity contribution in [1.82, 2.24) is 25.1 Å². The van der Waals surface area contributed by atoms with Gasteiger partial charge in [-0.15, -0.1) is 10.2 Å². The molecule has 33 heavy (non-hydrogen) atoms. The number of nitrogens with two attached hydrogens (primary N) is 1. The number of amides is 1. The lowest BCUT2D eigenvalue weighted by atomic mass is 10.0. The summed E-state index contributed by atoms with van der Waals surface area (Å²) in [6.45, 7) is 7.46. The average molecular weight is 450 g/mol. The van der Waals surface area contributed by atoms with Gasteiger partial charge < -0.3 is 24.8 Å². The summed E-state index contributed by atoms with van der Waals surface area (Å²) in [6.07, 6.45) is 1.46. The first-order chi connectivity index (χ1) is 16.0. The highest BCUT2D eigenvalue weighted by Gasteiger charge is 2.36. The highest BCUT2D eigenvalue weighted by Crippen LogP contribution is 2.38. The molecule has 0 radical (unpaired) electrons. The van der Waals surface area contributed by atoms with Gasteiger partial charge in [0.1, 0.15) is 11.5 Å². The number of anilines is 1. The maximum Gasteiger partial charge on any atom is 0.273 e.